The molecule has 0 spiro atoms. The van der Waals surface area contributed by atoms with Crippen molar-refractivity contribution in [3.05, 3.63) is 36.0 Å². The summed E-state index contributed by atoms with van der Waals surface area (Å²) < 4.78 is 5.30. The number of carbonyl (C=O) groups is 2. The van der Waals surface area contributed by atoms with Gasteiger partial charge in [-0.1, -0.05) is 32.0 Å². The molecule has 1 aliphatic rings. The first-order valence-electron chi connectivity index (χ1n) is 11.1. The minimum Gasteiger partial charge on any atom is -0.639 e. The highest BCUT2D eigenvalue weighted by Gasteiger charge is 2.55. The number of benzene rings is 1. The molecule has 0 radical (unpaired) electrons. The van der Waals surface area contributed by atoms with Crippen LogP contribution < -0.4 is 15.3 Å². The van der Waals surface area contributed by atoms with Crippen LogP contribution in [0.4, 0.5) is 0 Å². The van der Waals surface area contributed by atoms with Gasteiger partial charge in [0.15, 0.2) is 0 Å². The fourth-order valence-corrected chi connectivity index (χ4v) is 6.23. The SMILES string of the molecule is CC(C)C[C@H](N[P+]1([O-])O[C@@H](C)[C@H](O)[C@@H](O)[C@@H]1O)C(=O)N[C@@H](Cc1c[nH]c2ccccc12)C(=O)O. The Kier molecular flexibility index (Phi) is 8.30. The van der Waals surface area contributed by atoms with E-state index >= 15 is 0 Å². The Morgan fingerprint density at radius 3 is 2.50 bits per heavy atom. The second kappa shape index (κ2) is 10.7. The summed E-state index contributed by atoms with van der Waals surface area (Å²) in [7, 11) is -4.19. The summed E-state index contributed by atoms with van der Waals surface area (Å²) >= 11 is 0. The molecule has 0 aliphatic carbocycles. The van der Waals surface area contributed by atoms with Crippen LogP contribution in [0.1, 0.15) is 32.8 Å². The number of rotatable bonds is 9. The normalized spacial score (nSPS) is 29.2. The van der Waals surface area contributed by atoms with Crippen LogP contribution in [0.5, 0.6) is 0 Å². The number of aliphatic hydroxyl groups excluding tert-OH is 3. The van der Waals surface area contributed by atoms with E-state index in [1.165, 1.54) is 6.92 Å². The van der Waals surface area contributed by atoms with E-state index < -0.39 is 56.0 Å². The van der Waals surface area contributed by atoms with Crippen molar-refractivity contribution in [1.82, 2.24) is 15.4 Å². The molecule has 1 amide bonds. The number of aliphatic carboxylic acids is 1. The van der Waals surface area contributed by atoms with Crippen LogP contribution in [-0.2, 0) is 20.5 Å². The number of nitrogens with one attached hydrogen (secondary N) is 3. The van der Waals surface area contributed by atoms with Crippen LogP contribution in [-0.4, -0.2) is 73.5 Å². The second-order valence-corrected chi connectivity index (χ2v) is 11.3. The van der Waals surface area contributed by atoms with E-state index in [0.29, 0.717) is 5.56 Å². The topological polar surface area (TPSA) is 187 Å². The number of carboxylic acid groups (broad SMARTS) is 1. The zero-order valence-corrected chi connectivity index (χ0v) is 20.1. The van der Waals surface area contributed by atoms with Crippen molar-refractivity contribution in [1.29, 1.82) is 0 Å². The maximum atomic E-state index is 13.3. The van der Waals surface area contributed by atoms with E-state index in [9.17, 15) is 34.9 Å². The molecule has 1 aromatic carbocycles. The average Bonchev–Trinajstić information content (AvgIpc) is 3.18. The number of aromatic amines is 1. The van der Waals surface area contributed by atoms with Gasteiger partial charge in [-0.25, -0.2) is 9.32 Å². The Morgan fingerprint density at radius 2 is 1.85 bits per heavy atom. The summed E-state index contributed by atoms with van der Waals surface area (Å²) in [4.78, 5) is 41.4. The van der Waals surface area contributed by atoms with E-state index in [2.05, 4.69) is 15.4 Å². The van der Waals surface area contributed by atoms with E-state index in [4.69, 9.17) is 4.52 Å². The van der Waals surface area contributed by atoms with Gasteiger partial charge < -0.3 is 35.6 Å². The molecule has 1 aliphatic heterocycles. The smallest absolute Gasteiger partial charge is 0.326 e. The van der Waals surface area contributed by atoms with E-state index in [1.807, 2.05) is 38.1 Å². The Hall–Kier alpha value is -2.11. The molecule has 7 N–H and O–H groups in total. The van der Waals surface area contributed by atoms with Crippen molar-refractivity contribution in [2.75, 3.05) is 0 Å². The zero-order valence-electron chi connectivity index (χ0n) is 19.2. The number of aliphatic hydroxyl groups is 3. The lowest BCUT2D eigenvalue weighted by Crippen LogP contribution is -2.59. The summed E-state index contributed by atoms with van der Waals surface area (Å²) in [5, 5.41) is 45.8. The molecule has 11 nitrogen and oxygen atoms in total. The number of aromatic nitrogens is 1. The third kappa shape index (κ3) is 5.75. The van der Waals surface area contributed by atoms with Crippen LogP contribution in [0, 0.1) is 5.92 Å². The van der Waals surface area contributed by atoms with Crippen LogP contribution in [0.25, 0.3) is 10.9 Å². The van der Waals surface area contributed by atoms with Crippen molar-refractivity contribution in [3.8, 4) is 0 Å². The first-order chi connectivity index (χ1) is 15.9. The van der Waals surface area contributed by atoms with Crippen molar-refractivity contribution in [3.63, 3.8) is 0 Å². The summed E-state index contributed by atoms with van der Waals surface area (Å²) in [6.07, 6.45) is -2.40. The van der Waals surface area contributed by atoms with Crippen molar-refractivity contribution in [2.45, 2.75) is 69.9 Å². The number of carbonyl (C=O) groups excluding carboxylic acids is 1. The lowest BCUT2D eigenvalue weighted by Gasteiger charge is -2.44. The van der Waals surface area contributed by atoms with Crippen molar-refractivity contribution < 1.29 is 39.4 Å². The third-order valence-corrected chi connectivity index (χ3v) is 8.20. The summed E-state index contributed by atoms with van der Waals surface area (Å²) in [5.74, 6) is -4.00. The van der Waals surface area contributed by atoms with Gasteiger partial charge in [-0.3, -0.25) is 4.79 Å². The van der Waals surface area contributed by atoms with Gasteiger partial charge in [-0.05, 0) is 30.9 Å². The van der Waals surface area contributed by atoms with Crippen molar-refractivity contribution >= 4 is 30.6 Å². The van der Waals surface area contributed by atoms with E-state index in [-0.39, 0.29) is 18.8 Å². The molecule has 34 heavy (non-hydrogen) atoms. The molecule has 1 aromatic heterocycles. The molecular formula is C22H32N3O8P. The summed E-state index contributed by atoms with van der Waals surface area (Å²) in [6.45, 7) is 5.02. The van der Waals surface area contributed by atoms with Gasteiger partial charge in [0.2, 0.25) is 19.6 Å². The lowest BCUT2D eigenvalue weighted by molar-refractivity contribution is -0.234. The highest BCUT2D eigenvalue weighted by Crippen LogP contribution is 2.57. The standard InChI is InChI=1S/C22H32N3O8P/c1-11(2)8-16(25-34(32)22(31)19(27)18(26)12(3)33-34)20(28)24-17(21(29)30)9-13-10-23-15-7-5-4-6-14(13)15/h4-7,10-12,16-19,22-23,26-27,31H,8-9H2,1-3H3,(H,24,28)(H,25,32)(H,29,30)/t12-,16-,17-,18-,19+,22+,34?/m0/s1. The largest absolute Gasteiger partial charge is 0.639 e. The lowest BCUT2D eigenvalue weighted by atomic mass is 10.0. The Balaban J connectivity index is 1.78. The maximum absolute atomic E-state index is 13.3. The Labute approximate surface area is 197 Å². The third-order valence-electron chi connectivity index (χ3n) is 5.88. The number of amides is 1. The molecular weight excluding hydrogens is 465 g/mol. The quantitative estimate of drug-likeness (QED) is 0.232. The molecule has 2 heterocycles. The first-order valence-corrected chi connectivity index (χ1v) is 12.8. The van der Waals surface area contributed by atoms with Gasteiger partial charge >= 0.3 is 5.97 Å². The van der Waals surface area contributed by atoms with Gasteiger partial charge in [0.25, 0.3) is 0 Å². The predicted octanol–water partition coefficient (Wildman–Crippen LogP) is -0.134. The zero-order chi connectivity index (χ0) is 25.2. The molecule has 1 saturated heterocycles. The predicted molar refractivity (Wildman–Crippen MR) is 123 cm³/mol. The molecule has 0 saturated carbocycles. The van der Waals surface area contributed by atoms with Crippen LogP contribution in [0.15, 0.2) is 30.5 Å². The number of hydrogen-bond acceptors (Lipinski definition) is 8. The molecule has 1 unspecified atom stereocenters. The Bertz CT molecular complexity index is 1020. The molecule has 3 rings (SSSR count). The summed E-state index contributed by atoms with van der Waals surface area (Å²) in [6, 6.07) is 4.93. The molecule has 7 atom stereocenters. The van der Waals surface area contributed by atoms with Crippen LogP contribution >= 0.6 is 7.87 Å². The monoisotopic (exact) mass is 497 g/mol. The van der Waals surface area contributed by atoms with Crippen LogP contribution in [0.3, 0.4) is 0 Å². The van der Waals surface area contributed by atoms with Crippen LogP contribution in [0.2, 0.25) is 0 Å². The molecule has 0 bridgehead atoms. The first kappa shape index (κ1) is 26.5. The number of hydrogen-bond donors (Lipinski definition) is 7. The highest BCUT2D eigenvalue weighted by molar-refractivity contribution is 7.62. The van der Waals surface area contributed by atoms with E-state index in [1.54, 1.807) is 6.20 Å². The summed E-state index contributed by atoms with van der Waals surface area (Å²) in [5.41, 5.74) is 1.55. The molecule has 188 valence electrons. The average molecular weight is 497 g/mol. The van der Waals surface area contributed by atoms with Gasteiger partial charge in [0.1, 0.15) is 30.4 Å². The maximum Gasteiger partial charge on any atom is 0.326 e. The minimum absolute atomic E-state index is 0.0121. The van der Waals surface area contributed by atoms with Gasteiger partial charge in [0, 0.05) is 23.5 Å². The fourth-order valence-electron chi connectivity index (χ4n) is 4.03. The van der Waals surface area contributed by atoms with E-state index in [0.717, 1.165) is 10.9 Å². The number of fused-ring (bicyclic) bond motifs is 1. The number of carboxylic acids is 1. The fraction of sp³-hybridized carbons (Fsp3) is 0.545. The minimum atomic E-state index is -4.19. The second-order valence-electron chi connectivity index (χ2n) is 9.08. The van der Waals surface area contributed by atoms with Gasteiger partial charge in [0.05, 0.1) is 0 Å². The van der Waals surface area contributed by atoms with Crippen molar-refractivity contribution in [2.24, 2.45) is 5.92 Å². The molecule has 12 heteroatoms. The Morgan fingerprint density at radius 1 is 1.18 bits per heavy atom. The van der Waals surface area contributed by atoms with Gasteiger partial charge in [-0.15, -0.1) is 0 Å². The number of para-hydroxylation sites is 1. The molecule has 2 aromatic rings. The highest BCUT2D eigenvalue weighted by atomic mass is 31.2. The number of H-pyrrole nitrogens is 1. The molecule has 1 fully saturated rings. The van der Waals surface area contributed by atoms with Gasteiger partial charge in [-0.2, -0.15) is 5.09 Å².